The Morgan fingerprint density at radius 2 is 1.92 bits per heavy atom. The van der Waals surface area contributed by atoms with Crippen molar-refractivity contribution in [3.8, 4) is 5.75 Å². The first kappa shape index (κ1) is 18.0. The van der Waals surface area contributed by atoms with Gasteiger partial charge in [-0.3, -0.25) is 9.59 Å². The van der Waals surface area contributed by atoms with Gasteiger partial charge in [-0.1, -0.05) is 0 Å². The molecule has 1 aromatic carbocycles. The summed E-state index contributed by atoms with van der Waals surface area (Å²) in [5, 5.41) is 8.52. The number of carbonyl (C=O) groups is 3. The van der Waals surface area contributed by atoms with Crippen LogP contribution in [0.25, 0.3) is 0 Å². The molecule has 8 nitrogen and oxygen atoms in total. The number of carbonyl (C=O) groups excluding carboxylic acids is 3. The fraction of sp³-hybridized carbons (Fsp3) is 0.500. The molecule has 140 valence electrons. The van der Waals surface area contributed by atoms with Gasteiger partial charge < -0.3 is 25.6 Å². The Hall–Kier alpha value is -2.77. The molecule has 2 aliphatic rings. The number of nitrogens with zero attached hydrogens (tertiary/aromatic N) is 1. The van der Waals surface area contributed by atoms with Crippen LogP contribution in [0.2, 0.25) is 0 Å². The summed E-state index contributed by atoms with van der Waals surface area (Å²) in [5.41, 5.74) is 0.893. The molecule has 0 radical (unpaired) electrons. The number of urea groups is 1. The highest BCUT2D eigenvalue weighted by molar-refractivity contribution is 5.98. The lowest BCUT2D eigenvalue weighted by Crippen LogP contribution is -2.49. The Kier molecular flexibility index (Phi) is 5.29. The molecule has 3 N–H and O–H groups in total. The van der Waals surface area contributed by atoms with Crippen molar-refractivity contribution >= 4 is 23.5 Å². The Balaban J connectivity index is 1.64. The van der Waals surface area contributed by atoms with E-state index in [2.05, 4.69) is 16.0 Å². The first-order valence-corrected chi connectivity index (χ1v) is 8.76. The van der Waals surface area contributed by atoms with Crippen LogP contribution in [0.3, 0.4) is 0 Å². The van der Waals surface area contributed by atoms with Crippen LogP contribution in [-0.4, -0.2) is 55.5 Å². The third-order valence-corrected chi connectivity index (χ3v) is 4.58. The van der Waals surface area contributed by atoms with Crippen LogP contribution in [0.15, 0.2) is 18.2 Å². The van der Waals surface area contributed by atoms with Gasteiger partial charge in [0.2, 0.25) is 5.91 Å². The maximum Gasteiger partial charge on any atom is 0.319 e. The lowest BCUT2D eigenvalue weighted by Gasteiger charge is -2.30. The SMILES string of the molecule is COc1ccc(C(=O)NC2CC2)cc1NC(=O)N[C@@H]1CCC(=O)N(C)C1. The summed E-state index contributed by atoms with van der Waals surface area (Å²) in [6, 6.07) is 4.69. The van der Waals surface area contributed by atoms with E-state index < -0.39 is 6.03 Å². The summed E-state index contributed by atoms with van der Waals surface area (Å²) in [7, 11) is 3.23. The summed E-state index contributed by atoms with van der Waals surface area (Å²) in [6.45, 7) is 0.479. The Bertz CT molecular complexity index is 717. The number of benzene rings is 1. The minimum absolute atomic E-state index is 0.0829. The maximum atomic E-state index is 12.3. The van der Waals surface area contributed by atoms with Gasteiger partial charge in [0.05, 0.1) is 12.8 Å². The van der Waals surface area contributed by atoms with Gasteiger partial charge in [0.15, 0.2) is 0 Å². The Morgan fingerprint density at radius 3 is 2.58 bits per heavy atom. The number of hydrogen-bond acceptors (Lipinski definition) is 4. The van der Waals surface area contributed by atoms with E-state index in [-0.39, 0.29) is 23.9 Å². The zero-order valence-corrected chi connectivity index (χ0v) is 15.0. The normalized spacial score (nSPS) is 19.7. The lowest BCUT2D eigenvalue weighted by molar-refractivity contribution is -0.132. The smallest absolute Gasteiger partial charge is 0.319 e. The van der Waals surface area contributed by atoms with Gasteiger partial charge in [-0.15, -0.1) is 0 Å². The molecule has 0 bridgehead atoms. The van der Waals surface area contributed by atoms with Crippen molar-refractivity contribution in [3.63, 3.8) is 0 Å². The van der Waals surface area contributed by atoms with Crippen molar-refractivity contribution in [1.29, 1.82) is 0 Å². The van der Waals surface area contributed by atoms with E-state index in [1.165, 1.54) is 7.11 Å². The van der Waals surface area contributed by atoms with Crippen LogP contribution in [0.4, 0.5) is 10.5 Å². The predicted octanol–water partition coefficient (Wildman–Crippen LogP) is 1.33. The van der Waals surface area contributed by atoms with E-state index in [0.29, 0.717) is 36.4 Å². The number of rotatable bonds is 5. The number of ether oxygens (including phenoxy) is 1. The van der Waals surface area contributed by atoms with E-state index in [4.69, 9.17) is 4.74 Å². The second-order valence-corrected chi connectivity index (χ2v) is 6.77. The van der Waals surface area contributed by atoms with Crippen LogP contribution < -0.4 is 20.7 Å². The summed E-state index contributed by atoms with van der Waals surface area (Å²) >= 11 is 0. The monoisotopic (exact) mass is 360 g/mol. The first-order valence-electron chi connectivity index (χ1n) is 8.76. The topological polar surface area (TPSA) is 99.8 Å². The molecule has 1 aliphatic carbocycles. The van der Waals surface area contributed by atoms with Gasteiger partial charge in [0.1, 0.15) is 5.75 Å². The van der Waals surface area contributed by atoms with E-state index in [1.54, 1.807) is 30.1 Å². The van der Waals surface area contributed by atoms with Crippen molar-refractivity contribution in [3.05, 3.63) is 23.8 Å². The number of anilines is 1. The Labute approximate surface area is 152 Å². The highest BCUT2D eigenvalue weighted by Gasteiger charge is 2.25. The maximum absolute atomic E-state index is 12.3. The van der Waals surface area contributed by atoms with Gasteiger partial charge >= 0.3 is 6.03 Å². The molecule has 1 aliphatic heterocycles. The molecular weight excluding hydrogens is 336 g/mol. The standard InChI is InChI=1S/C18H24N4O4/c1-22-10-13(6-8-16(22)23)20-18(25)21-14-9-11(3-7-15(14)26-2)17(24)19-12-4-5-12/h3,7,9,12-13H,4-6,8,10H2,1-2H3,(H,19,24)(H2,20,21,25)/t13-/m1/s1. The average Bonchev–Trinajstić information content (AvgIpc) is 3.42. The quantitative estimate of drug-likeness (QED) is 0.737. The van der Waals surface area contributed by atoms with E-state index in [1.807, 2.05) is 0 Å². The molecule has 2 fully saturated rings. The van der Waals surface area contributed by atoms with Crippen molar-refractivity contribution < 1.29 is 19.1 Å². The van der Waals surface area contributed by atoms with Gasteiger partial charge in [-0.05, 0) is 37.5 Å². The highest BCUT2D eigenvalue weighted by Crippen LogP contribution is 2.26. The fourth-order valence-electron chi connectivity index (χ4n) is 2.92. The van der Waals surface area contributed by atoms with Crippen molar-refractivity contribution in [2.45, 2.75) is 37.8 Å². The third kappa shape index (κ3) is 4.44. The van der Waals surface area contributed by atoms with Crippen LogP contribution in [0.5, 0.6) is 5.75 Å². The molecule has 0 unspecified atom stereocenters. The van der Waals surface area contributed by atoms with Crippen molar-refractivity contribution in [2.24, 2.45) is 0 Å². The average molecular weight is 360 g/mol. The summed E-state index contributed by atoms with van der Waals surface area (Å²) in [4.78, 5) is 37.7. The van der Waals surface area contributed by atoms with Crippen LogP contribution in [0.1, 0.15) is 36.0 Å². The van der Waals surface area contributed by atoms with E-state index in [9.17, 15) is 14.4 Å². The molecule has 1 saturated heterocycles. The number of piperidine rings is 1. The summed E-state index contributed by atoms with van der Waals surface area (Å²) in [5.74, 6) is 0.393. The number of methoxy groups -OCH3 is 1. The first-order chi connectivity index (χ1) is 12.5. The molecule has 3 rings (SSSR count). The largest absolute Gasteiger partial charge is 0.495 e. The van der Waals surface area contributed by atoms with Crippen LogP contribution in [-0.2, 0) is 4.79 Å². The predicted molar refractivity (Wildman–Crippen MR) is 96.3 cm³/mol. The summed E-state index contributed by atoms with van der Waals surface area (Å²) < 4.78 is 5.27. The van der Waals surface area contributed by atoms with Gasteiger partial charge in [-0.25, -0.2) is 4.79 Å². The lowest BCUT2D eigenvalue weighted by atomic mass is 10.1. The molecule has 26 heavy (non-hydrogen) atoms. The molecular formula is C18H24N4O4. The second kappa shape index (κ2) is 7.63. The number of likely N-dealkylation sites (tertiary alicyclic amines) is 1. The second-order valence-electron chi connectivity index (χ2n) is 6.77. The molecule has 1 heterocycles. The van der Waals surface area contributed by atoms with E-state index in [0.717, 1.165) is 12.8 Å². The molecule has 8 heteroatoms. The molecule has 4 amide bonds. The highest BCUT2D eigenvalue weighted by atomic mass is 16.5. The van der Waals surface area contributed by atoms with Gasteiger partial charge in [0, 0.05) is 37.7 Å². The number of amides is 4. The zero-order valence-electron chi connectivity index (χ0n) is 15.0. The summed E-state index contributed by atoms with van der Waals surface area (Å²) in [6.07, 6.45) is 3.04. The minimum atomic E-state index is -0.393. The Morgan fingerprint density at radius 1 is 1.15 bits per heavy atom. The van der Waals surface area contributed by atoms with Gasteiger partial charge in [0.25, 0.3) is 5.91 Å². The number of likely N-dealkylation sites (N-methyl/N-ethyl adjacent to an activating group) is 1. The number of hydrogen-bond donors (Lipinski definition) is 3. The molecule has 0 spiro atoms. The minimum Gasteiger partial charge on any atom is -0.495 e. The molecule has 0 aromatic heterocycles. The molecule has 1 saturated carbocycles. The zero-order chi connectivity index (χ0) is 18.7. The molecule has 1 atom stereocenters. The van der Waals surface area contributed by atoms with Crippen LogP contribution >= 0.6 is 0 Å². The van der Waals surface area contributed by atoms with Crippen LogP contribution in [0, 0.1) is 0 Å². The van der Waals surface area contributed by atoms with Crippen molar-refractivity contribution in [1.82, 2.24) is 15.5 Å². The van der Waals surface area contributed by atoms with E-state index >= 15 is 0 Å². The molecule has 1 aromatic rings. The van der Waals surface area contributed by atoms with Gasteiger partial charge in [-0.2, -0.15) is 0 Å². The van der Waals surface area contributed by atoms with Crippen molar-refractivity contribution in [2.75, 3.05) is 26.0 Å². The fourth-order valence-corrected chi connectivity index (χ4v) is 2.92. The number of nitrogens with one attached hydrogen (secondary N) is 3. The third-order valence-electron chi connectivity index (χ3n) is 4.58.